The molecule has 1 amide bonds. The first kappa shape index (κ1) is 21.2. The summed E-state index contributed by atoms with van der Waals surface area (Å²) in [5.41, 5.74) is 1.80. The number of aryl methyl sites for hydroxylation is 1. The molecule has 146 valence electrons. The molecule has 1 unspecified atom stereocenters. The third-order valence-corrected chi connectivity index (χ3v) is 5.79. The number of sulfonamides is 1. The van der Waals surface area contributed by atoms with Crippen LogP contribution in [-0.4, -0.2) is 26.9 Å². The van der Waals surface area contributed by atoms with Gasteiger partial charge < -0.3 is 10.6 Å². The van der Waals surface area contributed by atoms with Gasteiger partial charge in [-0.15, -0.1) is 12.4 Å². The average molecular weight is 410 g/mol. The smallest absolute Gasteiger partial charge is 0.261 e. The summed E-state index contributed by atoms with van der Waals surface area (Å²) in [7, 11) is -3.67. The third-order valence-electron chi connectivity index (χ3n) is 4.41. The molecule has 0 spiro atoms. The molecule has 1 heterocycles. The maximum Gasteiger partial charge on any atom is 0.261 e. The number of benzene rings is 2. The molecule has 1 saturated heterocycles. The summed E-state index contributed by atoms with van der Waals surface area (Å²) in [5.74, 6) is -0.0786. The number of hydrogen-bond donors (Lipinski definition) is 3. The molecule has 2 aromatic rings. The van der Waals surface area contributed by atoms with Crippen molar-refractivity contribution >= 4 is 39.7 Å². The molecule has 0 aliphatic carbocycles. The van der Waals surface area contributed by atoms with Crippen molar-refractivity contribution in [3.63, 3.8) is 0 Å². The van der Waals surface area contributed by atoms with E-state index in [1.807, 2.05) is 6.92 Å². The molecule has 0 saturated carbocycles. The first-order chi connectivity index (χ1) is 12.4. The summed E-state index contributed by atoms with van der Waals surface area (Å²) >= 11 is 0. The predicted molar refractivity (Wildman–Crippen MR) is 110 cm³/mol. The van der Waals surface area contributed by atoms with Crippen LogP contribution in [0.25, 0.3) is 0 Å². The van der Waals surface area contributed by atoms with Crippen molar-refractivity contribution in [2.45, 2.75) is 37.1 Å². The van der Waals surface area contributed by atoms with E-state index in [1.54, 1.807) is 36.4 Å². The van der Waals surface area contributed by atoms with Gasteiger partial charge in [-0.3, -0.25) is 9.52 Å². The molecule has 0 radical (unpaired) electrons. The highest BCUT2D eigenvalue weighted by molar-refractivity contribution is 7.92. The average Bonchev–Trinajstić information content (AvgIpc) is 3.11. The molecule has 2 aromatic carbocycles. The van der Waals surface area contributed by atoms with Crippen molar-refractivity contribution in [2.75, 3.05) is 16.6 Å². The van der Waals surface area contributed by atoms with E-state index >= 15 is 0 Å². The van der Waals surface area contributed by atoms with Gasteiger partial charge in [-0.1, -0.05) is 24.3 Å². The molecule has 27 heavy (non-hydrogen) atoms. The molecule has 3 rings (SSSR count). The molecular formula is C19H24ClN3O3S. The molecule has 1 fully saturated rings. The van der Waals surface area contributed by atoms with Gasteiger partial charge in [0.15, 0.2) is 0 Å². The largest absolute Gasteiger partial charge is 0.326 e. The first-order valence-electron chi connectivity index (χ1n) is 8.66. The second kappa shape index (κ2) is 9.21. The molecule has 1 atom stereocenters. The lowest BCUT2D eigenvalue weighted by Gasteiger charge is -2.14. The summed E-state index contributed by atoms with van der Waals surface area (Å²) in [5, 5.41) is 6.14. The van der Waals surface area contributed by atoms with Gasteiger partial charge in [0, 0.05) is 18.2 Å². The minimum absolute atomic E-state index is 0. The number of halogens is 1. The minimum Gasteiger partial charge on any atom is -0.326 e. The molecule has 0 bridgehead atoms. The second-order valence-electron chi connectivity index (χ2n) is 6.49. The quantitative estimate of drug-likeness (QED) is 0.683. The van der Waals surface area contributed by atoms with E-state index in [-0.39, 0.29) is 29.3 Å². The summed E-state index contributed by atoms with van der Waals surface area (Å²) in [6.07, 6.45) is 2.51. The molecule has 3 N–H and O–H groups in total. The van der Waals surface area contributed by atoms with Gasteiger partial charge in [0.05, 0.1) is 10.6 Å². The van der Waals surface area contributed by atoms with Crippen LogP contribution in [0.3, 0.4) is 0 Å². The monoisotopic (exact) mass is 409 g/mol. The van der Waals surface area contributed by atoms with Crippen LogP contribution in [0.15, 0.2) is 53.4 Å². The van der Waals surface area contributed by atoms with Crippen LogP contribution in [0.2, 0.25) is 0 Å². The van der Waals surface area contributed by atoms with Crippen molar-refractivity contribution in [3.8, 4) is 0 Å². The van der Waals surface area contributed by atoms with Gasteiger partial charge in [0.25, 0.3) is 10.0 Å². The molecular weight excluding hydrogens is 386 g/mol. The highest BCUT2D eigenvalue weighted by atomic mass is 35.5. The Hall–Kier alpha value is -2.09. The van der Waals surface area contributed by atoms with Gasteiger partial charge in [-0.25, -0.2) is 8.42 Å². The van der Waals surface area contributed by atoms with Gasteiger partial charge in [-0.05, 0) is 56.1 Å². The Labute approximate surface area is 166 Å². The third kappa shape index (κ3) is 5.69. The first-order valence-corrected chi connectivity index (χ1v) is 10.1. The molecule has 1 aliphatic heterocycles. The molecule has 8 heteroatoms. The zero-order valence-corrected chi connectivity index (χ0v) is 16.7. The van der Waals surface area contributed by atoms with E-state index in [2.05, 4.69) is 15.4 Å². The summed E-state index contributed by atoms with van der Waals surface area (Å²) in [6, 6.07) is 13.6. The highest BCUT2D eigenvalue weighted by Crippen LogP contribution is 2.24. The number of rotatable bonds is 6. The Morgan fingerprint density at radius 1 is 1.19 bits per heavy atom. The molecule has 0 aromatic heterocycles. The highest BCUT2D eigenvalue weighted by Gasteiger charge is 2.18. The Bertz CT molecular complexity index is 882. The summed E-state index contributed by atoms with van der Waals surface area (Å²) in [6.45, 7) is 2.77. The normalized spacial score (nSPS) is 16.4. The van der Waals surface area contributed by atoms with Crippen molar-refractivity contribution in [2.24, 2.45) is 0 Å². The SMILES string of the molecule is Cc1ccc(NC(=O)CC2CCCN2)cc1NS(=O)(=O)c1ccccc1.Cl. The maximum atomic E-state index is 12.5. The Balaban J connectivity index is 0.00000261. The van der Waals surface area contributed by atoms with Crippen LogP contribution >= 0.6 is 12.4 Å². The Kier molecular flexibility index (Phi) is 7.24. The minimum atomic E-state index is -3.67. The van der Waals surface area contributed by atoms with E-state index in [0.717, 1.165) is 24.9 Å². The van der Waals surface area contributed by atoms with Crippen molar-refractivity contribution in [1.29, 1.82) is 0 Å². The van der Waals surface area contributed by atoms with E-state index in [1.165, 1.54) is 12.1 Å². The van der Waals surface area contributed by atoms with E-state index in [0.29, 0.717) is 17.8 Å². The molecule has 1 aliphatic rings. The number of carbonyl (C=O) groups is 1. The molecule has 6 nitrogen and oxygen atoms in total. The van der Waals surface area contributed by atoms with Crippen LogP contribution in [-0.2, 0) is 14.8 Å². The number of anilines is 2. The fourth-order valence-corrected chi connectivity index (χ4v) is 4.12. The van der Waals surface area contributed by atoms with Gasteiger partial charge in [0.2, 0.25) is 5.91 Å². The van der Waals surface area contributed by atoms with Crippen LogP contribution in [0, 0.1) is 6.92 Å². The van der Waals surface area contributed by atoms with Gasteiger partial charge in [0.1, 0.15) is 0 Å². The van der Waals surface area contributed by atoms with Crippen molar-refractivity contribution in [1.82, 2.24) is 5.32 Å². The van der Waals surface area contributed by atoms with E-state index in [4.69, 9.17) is 0 Å². The lowest BCUT2D eigenvalue weighted by molar-refractivity contribution is -0.116. The predicted octanol–water partition coefficient (Wildman–Crippen LogP) is 3.30. The number of amides is 1. The van der Waals surface area contributed by atoms with Gasteiger partial charge in [-0.2, -0.15) is 0 Å². The maximum absolute atomic E-state index is 12.5. The zero-order chi connectivity index (χ0) is 18.6. The van der Waals surface area contributed by atoms with Crippen molar-refractivity contribution in [3.05, 3.63) is 54.1 Å². The lowest BCUT2D eigenvalue weighted by Crippen LogP contribution is -2.27. The fourth-order valence-electron chi connectivity index (χ4n) is 2.98. The zero-order valence-electron chi connectivity index (χ0n) is 15.1. The van der Waals surface area contributed by atoms with E-state index in [9.17, 15) is 13.2 Å². The number of nitrogens with one attached hydrogen (secondary N) is 3. The fraction of sp³-hybridized carbons (Fsp3) is 0.316. The van der Waals surface area contributed by atoms with Crippen LogP contribution in [0.1, 0.15) is 24.8 Å². The van der Waals surface area contributed by atoms with Crippen LogP contribution in [0.4, 0.5) is 11.4 Å². The van der Waals surface area contributed by atoms with Crippen LogP contribution < -0.4 is 15.4 Å². The summed E-state index contributed by atoms with van der Waals surface area (Å²) < 4.78 is 27.6. The second-order valence-corrected chi connectivity index (χ2v) is 8.18. The number of carbonyl (C=O) groups excluding carboxylic acids is 1. The lowest BCUT2D eigenvalue weighted by atomic mass is 10.1. The topological polar surface area (TPSA) is 87.3 Å². The van der Waals surface area contributed by atoms with Crippen LogP contribution in [0.5, 0.6) is 0 Å². The Morgan fingerprint density at radius 2 is 1.93 bits per heavy atom. The van der Waals surface area contributed by atoms with E-state index < -0.39 is 10.0 Å². The van der Waals surface area contributed by atoms with Gasteiger partial charge >= 0.3 is 0 Å². The standard InChI is InChI=1S/C19H23N3O3S.ClH/c1-14-9-10-16(21-19(23)13-15-6-5-11-20-15)12-18(14)22-26(24,25)17-7-3-2-4-8-17;/h2-4,7-10,12,15,20,22H,5-6,11,13H2,1H3,(H,21,23);1H. The summed E-state index contributed by atoms with van der Waals surface area (Å²) in [4.78, 5) is 12.4. The Morgan fingerprint density at radius 3 is 2.59 bits per heavy atom. The number of hydrogen-bond acceptors (Lipinski definition) is 4. The van der Waals surface area contributed by atoms with Crippen molar-refractivity contribution < 1.29 is 13.2 Å².